The lowest BCUT2D eigenvalue weighted by Crippen LogP contribution is -2.34. The maximum Gasteiger partial charge on any atom is 0.303 e. The Hall–Kier alpha value is -2.14. The third-order valence-electron chi connectivity index (χ3n) is 5.83. The number of esters is 1. The summed E-state index contributed by atoms with van der Waals surface area (Å²) in [7, 11) is 1.58. The molecule has 1 aromatic rings. The fourth-order valence-corrected chi connectivity index (χ4v) is 4.28. The first-order valence-corrected chi connectivity index (χ1v) is 9.10. The van der Waals surface area contributed by atoms with E-state index in [4.69, 9.17) is 9.47 Å². The Bertz CT molecular complexity index is 751. The standard InChI is InChI=1S/C21H26O5/c1-13(22)26-19(14-5-4-6-15(11-14)25-3)12-16-17-7-8-20(24)21(17,2)10-9-18(16)23/h4-6,11,19-20,24H,7-10,12H2,1-3H3/t19?,20-,21-/m1/s1. The van der Waals surface area contributed by atoms with Crippen molar-refractivity contribution in [1.29, 1.82) is 0 Å². The number of aliphatic hydroxyl groups is 1. The van der Waals surface area contributed by atoms with E-state index in [0.717, 1.165) is 23.1 Å². The van der Waals surface area contributed by atoms with Crippen molar-refractivity contribution < 1.29 is 24.2 Å². The van der Waals surface area contributed by atoms with Crippen molar-refractivity contribution >= 4 is 11.8 Å². The Labute approximate surface area is 154 Å². The highest BCUT2D eigenvalue weighted by molar-refractivity contribution is 5.97. The van der Waals surface area contributed by atoms with Crippen molar-refractivity contribution in [1.82, 2.24) is 0 Å². The van der Waals surface area contributed by atoms with Gasteiger partial charge in [0.2, 0.25) is 0 Å². The zero-order chi connectivity index (χ0) is 18.9. The van der Waals surface area contributed by atoms with Gasteiger partial charge < -0.3 is 14.6 Å². The zero-order valence-electron chi connectivity index (χ0n) is 15.6. The molecule has 5 heteroatoms. The molecule has 1 aromatic carbocycles. The second kappa shape index (κ2) is 7.23. The van der Waals surface area contributed by atoms with Gasteiger partial charge in [-0.3, -0.25) is 9.59 Å². The van der Waals surface area contributed by atoms with Crippen LogP contribution < -0.4 is 4.74 Å². The van der Waals surface area contributed by atoms with Crippen LogP contribution in [0.2, 0.25) is 0 Å². The van der Waals surface area contributed by atoms with Gasteiger partial charge in [0.25, 0.3) is 0 Å². The normalized spacial score (nSPS) is 26.5. The summed E-state index contributed by atoms with van der Waals surface area (Å²) in [5.74, 6) is 0.390. The highest BCUT2D eigenvalue weighted by atomic mass is 16.5. The van der Waals surface area contributed by atoms with Crippen molar-refractivity contribution in [2.45, 2.75) is 58.2 Å². The first-order valence-electron chi connectivity index (χ1n) is 9.10. The average molecular weight is 358 g/mol. The highest BCUT2D eigenvalue weighted by Crippen LogP contribution is 2.52. The van der Waals surface area contributed by atoms with Crippen molar-refractivity contribution in [3.05, 3.63) is 41.0 Å². The summed E-state index contributed by atoms with van der Waals surface area (Å²) in [6, 6.07) is 7.37. The van der Waals surface area contributed by atoms with E-state index < -0.39 is 12.2 Å². The third kappa shape index (κ3) is 3.40. The van der Waals surface area contributed by atoms with E-state index in [1.807, 2.05) is 31.2 Å². The van der Waals surface area contributed by atoms with Gasteiger partial charge >= 0.3 is 5.97 Å². The second-order valence-electron chi connectivity index (χ2n) is 7.43. The quantitative estimate of drug-likeness (QED) is 0.816. The summed E-state index contributed by atoms with van der Waals surface area (Å²) in [4.78, 5) is 24.3. The van der Waals surface area contributed by atoms with Gasteiger partial charge in [0.05, 0.1) is 13.2 Å². The maximum absolute atomic E-state index is 12.7. The molecule has 0 saturated heterocycles. The van der Waals surface area contributed by atoms with Crippen LogP contribution in [-0.4, -0.2) is 30.1 Å². The molecule has 0 bridgehead atoms. The Morgan fingerprint density at radius 3 is 2.85 bits per heavy atom. The van der Waals surface area contributed by atoms with Gasteiger partial charge in [-0.25, -0.2) is 0 Å². The summed E-state index contributed by atoms with van der Waals surface area (Å²) in [5, 5.41) is 10.4. The van der Waals surface area contributed by atoms with Gasteiger partial charge in [-0.15, -0.1) is 0 Å². The fraction of sp³-hybridized carbons (Fsp3) is 0.524. The molecular weight excluding hydrogens is 332 g/mol. The van der Waals surface area contributed by atoms with Gasteiger partial charge in [0, 0.05) is 25.2 Å². The van der Waals surface area contributed by atoms with Crippen molar-refractivity contribution in [3.8, 4) is 5.75 Å². The molecule has 0 aliphatic heterocycles. The molecule has 1 unspecified atom stereocenters. The van der Waals surface area contributed by atoms with Crippen molar-refractivity contribution in [3.63, 3.8) is 0 Å². The maximum atomic E-state index is 12.7. The number of aliphatic hydroxyl groups excluding tert-OH is 1. The van der Waals surface area contributed by atoms with Gasteiger partial charge in [-0.2, -0.15) is 0 Å². The van der Waals surface area contributed by atoms with Crippen LogP contribution in [0.4, 0.5) is 0 Å². The Kier molecular flexibility index (Phi) is 5.19. The van der Waals surface area contributed by atoms with Crippen LogP contribution >= 0.6 is 0 Å². The van der Waals surface area contributed by atoms with Crippen molar-refractivity contribution in [2.75, 3.05) is 7.11 Å². The van der Waals surface area contributed by atoms with E-state index in [1.54, 1.807) is 7.11 Å². The lowest BCUT2D eigenvalue weighted by Gasteiger charge is -2.36. The minimum Gasteiger partial charge on any atom is -0.497 e. The summed E-state index contributed by atoms with van der Waals surface area (Å²) in [6.07, 6.45) is 1.90. The summed E-state index contributed by atoms with van der Waals surface area (Å²) < 4.78 is 10.8. The lowest BCUT2D eigenvalue weighted by atomic mass is 9.70. The monoisotopic (exact) mass is 358 g/mol. The Morgan fingerprint density at radius 2 is 2.15 bits per heavy atom. The van der Waals surface area contributed by atoms with Crippen LogP contribution in [-0.2, 0) is 14.3 Å². The molecule has 3 atom stereocenters. The summed E-state index contributed by atoms with van der Waals surface area (Å²) in [6.45, 7) is 3.41. The predicted octanol–water partition coefficient (Wildman–Crippen LogP) is 3.51. The number of carbonyl (C=O) groups is 2. The molecule has 0 aromatic heterocycles. The molecule has 0 heterocycles. The number of Topliss-reactive ketones (excluding diaryl/α,β-unsaturated/α-hetero) is 1. The van der Waals surface area contributed by atoms with E-state index in [9.17, 15) is 14.7 Å². The average Bonchev–Trinajstić information content (AvgIpc) is 2.92. The van der Waals surface area contributed by atoms with E-state index in [-0.39, 0.29) is 17.2 Å². The Balaban J connectivity index is 1.98. The van der Waals surface area contributed by atoms with Crippen LogP contribution in [0, 0.1) is 5.41 Å². The van der Waals surface area contributed by atoms with Crippen LogP contribution in [0.25, 0.3) is 0 Å². The number of ketones is 1. The van der Waals surface area contributed by atoms with Gasteiger partial charge in [0.15, 0.2) is 5.78 Å². The third-order valence-corrected chi connectivity index (χ3v) is 5.83. The molecule has 2 aliphatic rings. The number of fused-ring (bicyclic) bond motifs is 1. The molecule has 1 fully saturated rings. The first kappa shape index (κ1) is 18.6. The van der Waals surface area contributed by atoms with E-state index in [0.29, 0.717) is 31.4 Å². The number of ether oxygens (including phenoxy) is 2. The molecule has 0 amide bonds. The smallest absolute Gasteiger partial charge is 0.303 e. The molecule has 1 N–H and O–H groups in total. The van der Waals surface area contributed by atoms with Crippen molar-refractivity contribution in [2.24, 2.45) is 5.41 Å². The molecule has 2 aliphatic carbocycles. The van der Waals surface area contributed by atoms with Crippen LogP contribution in [0.1, 0.15) is 57.6 Å². The highest BCUT2D eigenvalue weighted by Gasteiger charge is 2.47. The first-order chi connectivity index (χ1) is 12.3. The van der Waals surface area contributed by atoms with Crippen LogP contribution in [0.5, 0.6) is 5.75 Å². The summed E-state index contributed by atoms with van der Waals surface area (Å²) in [5.41, 5.74) is 2.23. The number of rotatable bonds is 5. The number of benzene rings is 1. The topological polar surface area (TPSA) is 72.8 Å². The van der Waals surface area contributed by atoms with Gasteiger partial charge in [0.1, 0.15) is 11.9 Å². The lowest BCUT2D eigenvalue weighted by molar-refractivity contribution is -0.147. The molecule has 3 rings (SSSR count). The van der Waals surface area contributed by atoms with Gasteiger partial charge in [-0.05, 0) is 42.5 Å². The second-order valence-corrected chi connectivity index (χ2v) is 7.43. The van der Waals surface area contributed by atoms with E-state index in [1.165, 1.54) is 6.92 Å². The number of carbonyl (C=O) groups excluding carboxylic acids is 2. The summed E-state index contributed by atoms with van der Waals surface area (Å²) >= 11 is 0. The predicted molar refractivity (Wildman–Crippen MR) is 96.7 cm³/mol. The number of hydrogen-bond acceptors (Lipinski definition) is 5. The van der Waals surface area contributed by atoms with E-state index >= 15 is 0 Å². The fourth-order valence-electron chi connectivity index (χ4n) is 4.28. The minimum atomic E-state index is -0.547. The SMILES string of the molecule is COc1cccc(C(CC2=C3CC[C@@H](O)[C@]3(C)CCC2=O)OC(C)=O)c1. The largest absolute Gasteiger partial charge is 0.497 e. The van der Waals surface area contributed by atoms with Crippen LogP contribution in [0.15, 0.2) is 35.4 Å². The molecule has 1 saturated carbocycles. The molecule has 0 spiro atoms. The minimum absolute atomic E-state index is 0.103. The molecule has 26 heavy (non-hydrogen) atoms. The molecule has 5 nitrogen and oxygen atoms in total. The number of hydrogen-bond donors (Lipinski definition) is 1. The molecule has 0 radical (unpaired) electrons. The Morgan fingerprint density at radius 1 is 1.38 bits per heavy atom. The van der Waals surface area contributed by atoms with Gasteiger partial charge in [-0.1, -0.05) is 24.6 Å². The van der Waals surface area contributed by atoms with Crippen LogP contribution in [0.3, 0.4) is 0 Å². The molecule has 140 valence electrons. The zero-order valence-corrected chi connectivity index (χ0v) is 15.6. The number of methoxy groups -OCH3 is 1. The van der Waals surface area contributed by atoms with E-state index in [2.05, 4.69) is 0 Å². The molecular formula is C21H26O5.